The lowest BCUT2D eigenvalue weighted by atomic mass is 10.1. The van der Waals surface area contributed by atoms with E-state index in [2.05, 4.69) is 23.7 Å². The van der Waals surface area contributed by atoms with Crippen LogP contribution < -0.4 is 9.64 Å². The molecule has 0 spiro atoms. The number of benzene rings is 1. The van der Waals surface area contributed by atoms with Crippen molar-refractivity contribution in [3.8, 4) is 5.75 Å². The highest BCUT2D eigenvalue weighted by molar-refractivity contribution is 8.14. The van der Waals surface area contributed by atoms with E-state index in [1.807, 2.05) is 24.3 Å². The minimum atomic E-state index is -3.02. The highest BCUT2D eigenvalue weighted by Crippen LogP contribution is 2.39. The summed E-state index contributed by atoms with van der Waals surface area (Å²) in [5, 5.41) is 1.27. The summed E-state index contributed by atoms with van der Waals surface area (Å²) >= 11 is 1.67. The number of ether oxygens (including phenoxy) is 1. The van der Waals surface area contributed by atoms with Gasteiger partial charge in [-0.25, -0.2) is 8.42 Å². The Balaban J connectivity index is 2.03. The normalized spacial score (nSPS) is 26.2. The third kappa shape index (κ3) is 2.84. The molecule has 1 aromatic rings. The quantitative estimate of drug-likeness (QED) is 0.844. The molecule has 0 N–H and O–H groups in total. The van der Waals surface area contributed by atoms with Crippen LogP contribution in [0.4, 0.5) is 5.69 Å². The lowest BCUT2D eigenvalue weighted by molar-refractivity contribution is 0.415. The van der Waals surface area contributed by atoms with E-state index in [4.69, 9.17) is 4.74 Å². The minimum absolute atomic E-state index is 0.123. The predicted molar refractivity (Wildman–Crippen MR) is 91.9 cm³/mol. The van der Waals surface area contributed by atoms with Gasteiger partial charge in [0.05, 0.1) is 36.4 Å². The van der Waals surface area contributed by atoms with Gasteiger partial charge in [-0.1, -0.05) is 37.7 Å². The smallest absolute Gasteiger partial charge is 0.164 e. The molecule has 2 heterocycles. The summed E-state index contributed by atoms with van der Waals surface area (Å²) in [5.41, 5.74) is 0.890. The molecule has 2 aliphatic rings. The maximum atomic E-state index is 12.0. The topological polar surface area (TPSA) is 59.0 Å². The number of fused-ring (bicyclic) bond motifs is 1. The number of hydrogen-bond acceptors (Lipinski definition) is 6. The van der Waals surface area contributed by atoms with E-state index in [-0.39, 0.29) is 23.6 Å². The molecule has 0 saturated carbocycles. The molecule has 2 atom stereocenters. The first kappa shape index (κ1) is 15.7. The first-order chi connectivity index (χ1) is 10.4. The fraction of sp³-hybridized carbons (Fsp3) is 0.533. The number of methoxy groups -OCH3 is 1. The van der Waals surface area contributed by atoms with Crippen LogP contribution in [0.15, 0.2) is 29.3 Å². The Labute approximate surface area is 135 Å². The van der Waals surface area contributed by atoms with Crippen molar-refractivity contribution < 1.29 is 13.2 Å². The summed E-state index contributed by atoms with van der Waals surface area (Å²) in [7, 11) is -1.39. The molecule has 1 aromatic carbocycles. The second-order valence-corrected chi connectivity index (χ2v) is 9.53. The number of rotatable bonds is 3. The van der Waals surface area contributed by atoms with Crippen LogP contribution >= 0.6 is 11.8 Å². The minimum Gasteiger partial charge on any atom is -0.495 e. The average Bonchev–Trinajstić information content (AvgIpc) is 2.89. The van der Waals surface area contributed by atoms with Crippen LogP contribution in [0.3, 0.4) is 0 Å². The molecule has 1 fully saturated rings. The lowest BCUT2D eigenvalue weighted by Gasteiger charge is -2.28. The summed E-state index contributed by atoms with van der Waals surface area (Å²) in [6, 6.07) is 7.41. The van der Waals surface area contributed by atoms with Crippen molar-refractivity contribution in [3.05, 3.63) is 24.3 Å². The molecule has 22 heavy (non-hydrogen) atoms. The highest BCUT2D eigenvalue weighted by atomic mass is 32.2. The Morgan fingerprint density at radius 1 is 1.32 bits per heavy atom. The van der Waals surface area contributed by atoms with Gasteiger partial charge in [-0.05, 0) is 12.1 Å². The molecule has 0 unspecified atom stereocenters. The maximum absolute atomic E-state index is 12.0. The van der Waals surface area contributed by atoms with Gasteiger partial charge in [0.1, 0.15) is 5.75 Å². The van der Waals surface area contributed by atoms with Crippen LogP contribution in [-0.2, 0) is 9.84 Å². The zero-order valence-electron chi connectivity index (χ0n) is 12.9. The molecule has 2 aliphatic heterocycles. The first-order valence-corrected chi connectivity index (χ1v) is 9.98. The predicted octanol–water partition coefficient (Wildman–Crippen LogP) is 2.18. The van der Waals surface area contributed by atoms with Gasteiger partial charge in [0.25, 0.3) is 0 Å². The Bertz CT molecular complexity index is 700. The number of anilines is 1. The van der Waals surface area contributed by atoms with Crippen molar-refractivity contribution >= 4 is 32.5 Å². The van der Waals surface area contributed by atoms with E-state index in [1.165, 1.54) is 0 Å². The van der Waals surface area contributed by atoms with Crippen LogP contribution in [0.5, 0.6) is 5.75 Å². The van der Waals surface area contributed by atoms with Crippen LogP contribution in [0.2, 0.25) is 0 Å². The molecule has 5 nitrogen and oxygen atoms in total. The van der Waals surface area contributed by atoms with E-state index in [9.17, 15) is 8.42 Å². The van der Waals surface area contributed by atoms with Crippen LogP contribution in [0.1, 0.15) is 13.8 Å². The molecule has 1 saturated heterocycles. The Morgan fingerprint density at radius 2 is 2.05 bits per heavy atom. The summed E-state index contributed by atoms with van der Waals surface area (Å²) in [6.45, 7) is 4.22. The van der Waals surface area contributed by atoms with Gasteiger partial charge in [0.2, 0.25) is 0 Å². The van der Waals surface area contributed by atoms with Crippen molar-refractivity contribution in [2.24, 2.45) is 4.99 Å². The average molecular weight is 340 g/mol. The zero-order chi connectivity index (χ0) is 15.9. The van der Waals surface area contributed by atoms with Gasteiger partial charge in [-0.15, -0.1) is 0 Å². The van der Waals surface area contributed by atoms with E-state index in [1.54, 1.807) is 18.9 Å². The van der Waals surface area contributed by atoms with Crippen LogP contribution in [0.25, 0.3) is 0 Å². The standard InChI is InChI=1S/C15H20N2O3S2/c1-10(2)21-15-16-11-8-22(18,19)9-13(11)17(15)12-6-4-5-7-14(12)20-3/h4-7,10-11,13H,8-9H2,1-3H3/t11-,13+/m0/s1. The zero-order valence-corrected chi connectivity index (χ0v) is 14.5. The van der Waals surface area contributed by atoms with Gasteiger partial charge < -0.3 is 9.64 Å². The SMILES string of the molecule is COc1ccccc1N1C(SC(C)C)=N[C@H]2CS(=O)(=O)C[C@H]21. The summed E-state index contributed by atoms with van der Waals surface area (Å²) in [6.07, 6.45) is 0. The van der Waals surface area contributed by atoms with Gasteiger partial charge >= 0.3 is 0 Å². The van der Waals surface area contributed by atoms with Crippen molar-refractivity contribution in [3.63, 3.8) is 0 Å². The molecule has 0 radical (unpaired) electrons. The van der Waals surface area contributed by atoms with Crippen LogP contribution in [0, 0.1) is 0 Å². The fourth-order valence-corrected chi connectivity index (χ4v) is 5.74. The lowest BCUT2D eigenvalue weighted by Crippen LogP contribution is -2.39. The van der Waals surface area contributed by atoms with E-state index >= 15 is 0 Å². The second kappa shape index (κ2) is 5.77. The van der Waals surface area contributed by atoms with Crippen molar-refractivity contribution in [1.82, 2.24) is 0 Å². The van der Waals surface area contributed by atoms with Gasteiger partial charge in [-0.2, -0.15) is 0 Å². The Morgan fingerprint density at radius 3 is 2.73 bits per heavy atom. The molecule has 0 aliphatic carbocycles. The molecule has 0 amide bonds. The van der Waals surface area contributed by atoms with Crippen molar-refractivity contribution in [2.75, 3.05) is 23.5 Å². The number of para-hydroxylation sites is 2. The van der Waals surface area contributed by atoms with E-state index < -0.39 is 9.84 Å². The van der Waals surface area contributed by atoms with Gasteiger partial charge in [0, 0.05) is 5.25 Å². The molecular weight excluding hydrogens is 320 g/mol. The third-order valence-electron chi connectivity index (χ3n) is 3.79. The number of nitrogens with zero attached hydrogens (tertiary/aromatic N) is 2. The number of aliphatic imine (C=N–C) groups is 1. The second-order valence-electron chi connectivity index (χ2n) is 5.83. The van der Waals surface area contributed by atoms with Gasteiger partial charge in [0.15, 0.2) is 15.0 Å². The molecule has 120 valence electrons. The maximum Gasteiger partial charge on any atom is 0.164 e. The molecule has 3 rings (SSSR count). The largest absolute Gasteiger partial charge is 0.495 e. The number of thioether (sulfide) groups is 1. The molecule has 7 heteroatoms. The summed E-state index contributed by atoms with van der Waals surface area (Å²) < 4.78 is 29.4. The summed E-state index contributed by atoms with van der Waals surface area (Å²) in [4.78, 5) is 6.74. The van der Waals surface area contributed by atoms with E-state index in [0.29, 0.717) is 5.25 Å². The molecule has 0 aromatic heterocycles. The van der Waals surface area contributed by atoms with Crippen LogP contribution in [-0.4, -0.2) is 49.5 Å². The molecular formula is C15H20N2O3S2. The summed E-state index contributed by atoms with van der Waals surface area (Å²) in [5.74, 6) is 1.04. The monoisotopic (exact) mass is 340 g/mol. The highest BCUT2D eigenvalue weighted by Gasteiger charge is 2.47. The Hall–Kier alpha value is -1.21. The van der Waals surface area contributed by atoms with Gasteiger partial charge in [-0.3, -0.25) is 4.99 Å². The van der Waals surface area contributed by atoms with Crippen molar-refractivity contribution in [1.29, 1.82) is 0 Å². The third-order valence-corrected chi connectivity index (χ3v) is 6.48. The van der Waals surface area contributed by atoms with Crippen molar-refractivity contribution in [2.45, 2.75) is 31.2 Å². The van der Waals surface area contributed by atoms with E-state index in [0.717, 1.165) is 16.6 Å². The number of amidine groups is 1. The Kier molecular flexibility index (Phi) is 4.11. The fourth-order valence-electron chi connectivity index (χ4n) is 2.93. The first-order valence-electron chi connectivity index (χ1n) is 7.28. The number of sulfone groups is 1. The molecule has 0 bridgehead atoms. The number of hydrogen-bond donors (Lipinski definition) is 0.